The van der Waals surface area contributed by atoms with Crippen LogP contribution >= 0.6 is 0 Å². The highest BCUT2D eigenvalue weighted by atomic mass is 19.1. The molecule has 0 bridgehead atoms. The van der Waals surface area contributed by atoms with Gasteiger partial charge in [-0.15, -0.1) is 0 Å². The Morgan fingerprint density at radius 1 is 1.16 bits per heavy atom. The Labute approximate surface area is 148 Å². The first-order valence-electron chi connectivity index (χ1n) is 8.18. The number of nitrogens with zero attached hydrogens (tertiary/aromatic N) is 2. The van der Waals surface area contributed by atoms with E-state index in [1.807, 2.05) is 32.0 Å². The van der Waals surface area contributed by atoms with E-state index < -0.39 is 0 Å². The lowest BCUT2D eigenvalue weighted by atomic mass is 10.1. The van der Waals surface area contributed by atoms with E-state index in [9.17, 15) is 9.18 Å². The number of carbonyl (C=O) groups is 1. The topological polar surface area (TPSA) is 45.9 Å². The molecule has 0 N–H and O–H groups in total. The monoisotopic (exact) mass is 348 g/mol. The molecule has 0 fully saturated rings. The number of hydrogen-bond acceptors (Lipinski definition) is 4. The van der Waals surface area contributed by atoms with Crippen molar-refractivity contribution in [3.05, 3.63) is 59.3 Å². The molecule has 2 aromatic rings. The third-order valence-electron chi connectivity index (χ3n) is 3.81. The van der Waals surface area contributed by atoms with Crippen LogP contribution in [0.1, 0.15) is 28.8 Å². The van der Waals surface area contributed by atoms with Gasteiger partial charge in [-0.2, -0.15) is 0 Å². The van der Waals surface area contributed by atoms with Crippen molar-refractivity contribution in [3.8, 4) is 0 Å². The third kappa shape index (κ3) is 5.41. The summed E-state index contributed by atoms with van der Waals surface area (Å²) in [5.74, 6) is 0.515. The highest BCUT2D eigenvalue weighted by Crippen LogP contribution is 2.17. The Balaban J connectivity index is 2.20. The van der Waals surface area contributed by atoms with Gasteiger partial charge in [0.2, 0.25) is 0 Å². The summed E-state index contributed by atoms with van der Waals surface area (Å²) in [6.07, 6.45) is 0. The largest absolute Gasteiger partial charge is 0.455 e. The van der Waals surface area contributed by atoms with Gasteiger partial charge in [0.1, 0.15) is 11.6 Å². The van der Waals surface area contributed by atoms with Crippen molar-refractivity contribution < 1.29 is 18.3 Å². The Morgan fingerprint density at radius 2 is 1.84 bits per heavy atom. The van der Waals surface area contributed by atoms with Crippen LogP contribution in [-0.4, -0.2) is 49.6 Å². The maximum absolute atomic E-state index is 13.1. The van der Waals surface area contributed by atoms with Crippen LogP contribution in [-0.2, 0) is 17.8 Å². The van der Waals surface area contributed by atoms with Crippen molar-refractivity contribution >= 4 is 5.91 Å². The highest BCUT2D eigenvalue weighted by molar-refractivity contribution is 5.91. The zero-order chi connectivity index (χ0) is 18.4. The molecule has 1 heterocycles. The molecule has 0 aliphatic carbocycles. The maximum atomic E-state index is 13.1. The molecule has 0 unspecified atom stereocenters. The number of furan rings is 1. The van der Waals surface area contributed by atoms with Crippen LogP contribution < -0.4 is 0 Å². The molecule has 2 rings (SSSR count). The first kappa shape index (κ1) is 19.1. The molecule has 0 spiro atoms. The number of methoxy groups -OCH3 is 1. The minimum absolute atomic E-state index is 0.148. The lowest BCUT2D eigenvalue weighted by Gasteiger charge is -2.28. The van der Waals surface area contributed by atoms with Gasteiger partial charge in [-0.3, -0.25) is 4.79 Å². The lowest BCUT2D eigenvalue weighted by Crippen LogP contribution is -2.40. The zero-order valence-corrected chi connectivity index (χ0v) is 15.2. The summed E-state index contributed by atoms with van der Waals surface area (Å²) in [6, 6.07) is 9.48. The number of benzene rings is 1. The molecule has 1 aromatic heterocycles. The second-order valence-electron chi connectivity index (χ2n) is 6.37. The Kier molecular flexibility index (Phi) is 6.73. The quantitative estimate of drug-likeness (QED) is 0.735. The molecule has 0 radical (unpaired) electrons. The highest BCUT2D eigenvalue weighted by Gasteiger charge is 2.24. The summed E-state index contributed by atoms with van der Waals surface area (Å²) in [6.45, 7) is 3.29. The molecule has 5 nitrogen and oxygen atoms in total. The molecule has 1 atom stereocenters. The van der Waals surface area contributed by atoms with Crippen LogP contribution in [0.25, 0.3) is 0 Å². The summed E-state index contributed by atoms with van der Waals surface area (Å²) in [5.41, 5.74) is 0.845. The minimum Gasteiger partial charge on any atom is -0.455 e. The van der Waals surface area contributed by atoms with Gasteiger partial charge in [0.05, 0.1) is 19.2 Å². The molecule has 25 heavy (non-hydrogen) atoms. The first-order valence-corrected chi connectivity index (χ1v) is 8.18. The Hall–Kier alpha value is -2.18. The molecular formula is C19H25FN2O3. The van der Waals surface area contributed by atoms with Gasteiger partial charge in [-0.05, 0) is 50.8 Å². The number of rotatable bonds is 8. The fourth-order valence-corrected chi connectivity index (χ4v) is 2.58. The van der Waals surface area contributed by atoms with E-state index in [4.69, 9.17) is 9.15 Å². The van der Waals surface area contributed by atoms with Crippen molar-refractivity contribution in [1.82, 2.24) is 9.80 Å². The van der Waals surface area contributed by atoms with Crippen LogP contribution in [0.5, 0.6) is 0 Å². The third-order valence-corrected chi connectivity index (χ3v) is 3.81. The lowest BCUT2D eigenvalue weighted by molar-refractivity contribution is 0.0510. The summed E-state index contributed by atoms with van der Waals surface area (Å²) < 4.78 is 24.0. The molecule has 0 aliphatic heterocycles. The minimum atomic E-state index is -0.300. The number of hydrogen-bond donors (Lipinski definition) is 0. The van der Waals surface area contributed by atoms with Crippen LogP contribution in [0.4, 0.5) is 4.39 Å². The second kappa shape index (κ2) is 8.78. The van der Waals surface area contributed by atoms with Gasteiger partial charge >= 0.3 is 0 Å². The molecule has 136 valence electrons. The van der Waals surface area contributed by atoms with E-state index in [2.05, 4.69) is 0 Å². The molecule has 0 saturated carbocycles. The predicted octanol–water partition coefficient (Wildman–Crippen LogP) is 3.16. The molecule has 1 amide bonds. The van der Waals surface area contributed by atoms with Crippen molar-refractivity contribution in [3.63, 3.8) is 0 Å². The zero-order valence-electron chi connectivity index (χ0n) is 15.2. The Morgan fingerprint density at radius 3 is 2.44 bits per heavy atom. The van der Waals surface area contributed by atoms with Crippen LogP contribution in [0.15, 0.2) is 40.8 Å². The van der Waals surface area contributed by atoms with Crippen LogP contribution in [0.2, 0.25) is 0 Å². The summed E-state index contributed by atoms with van der Waals surface area (Å²) in [7, 11) is 5.47. The average molecular weight is 348 g/mol. The van der Waals surface area contributed by atoms with E-state index in [0.717, 1.165) is 11.3 Å². The molecule has 0 aliphatic rings. The van der Waals surface area contributed by atoms with Gasteiger partial charge in [-0.1, -0.05) is 12.1 Å². The Bertz CT molecular complexity index is 682. The second-order valence-corrected chi connectivity index (χ2v) is 6.37. The fraction of sp³-hybridized carbons (Fsp3) is 0.421. The van der Waals surface area contributed by atoms with Gasteiger partial charge in [0.25, 0.3) is 5.91 Å². The summed E-state index contributed by atoms with van der Waals surface area (Å²) in [5, 5.41) is 0. The molecule has 0 saturated heterocycles. The van der Waals surface area contributed by atoms with E-state index in [1.165, 1.54) is 12.1 Å². The van der Waals surface area contributed by atoms with Gasteiger partial charge in [0.15, 0.2) is 5.76 Å². The number of halogens is 1. The first-order chi connectivity index (χ1) is 11.9. The summed E-state index contributed by atoms with van der Waals surface area (Å²) >= 11 is 0. The SMILES string of the molecule is COC[C@H](C)N(Cc1ccc(F)cc1)C(=O)c1ccc(CN(C)C)o1. The molecular weight excluding hydrogens is 323 g/mol. The van der Waals surface area contributed by atoms with Crippen molar-refractivity contribution in [1.29, 1.82) is 0 Å². The molecule has 1 aromatic carbocycles. The van der Waals surface area contributed by atoms with E-state index in [1.54, 1.807) is 30.2 Å². The number of carbonyl (C=O) groups excluding carboxylic acids is 1. The number of amides is 1. The van der Waals surface area contributed by atoms with E-state index in [-0.39, 0.29) is 17.8 Å². The fourth-order valence-electron chi connectivity index (χ4n) is 2.58. The van der Waals surface area contributed by atoms with E-state index in [0.29, 0.717) is 25.5 Å². The van der Waals surface area contributed by atoms with Crippen LogP contribution in [0.3, 0.4) is 0 Å². The van der Waals surface area contributed by atoms with Crippen molar-refractivity contribution in [2.45, 2.75) is 26.1 Å². The molecule has 6 heteroatoms. The van der Waals surface area contributed by atoms with Gasteiger partial charge in [0, 0.05) is 13.7 Å². The smallest absolute Gasteiger partial charge is 0.290 e. The van der Waals surface area contributed by atoms with Crippen LogP contribution in [0, 0.1) is 5.82 Å². The van der Waals surface area contributed by atoms with Crippen molar-refractivity contribution in [2.24, 2.45) is 0 Å². The van der Waals surface area contributed by atoms with Gasteiger partial charge < -0.3 is 19.0 Å². The maximum Gasteiger partial charge on any atom is 0.290 e. The average Bonchev–Trinajstić information content (AvgIpc) is 3.01. The predicted molar refractivity (Wildman–Crippen MR) is 93.7 cm³/mol. The van der Waals surface area contributed by atoms with Gasteiger partial charge in [-0.25, -0.2) is 4.39 Å². The van der Waals surface area contributed by atoms with Crippen molar-refractivity contribution in [2.75, 3.05) is 27.8 Å². The van der Waals surface area contributed by atoms with E-state index >= 15 is 0 Å². The standard InChI is InChI=1S/C19H25FN2O3/c1-14(13-24-4)22(11-15-5-7-16(20)8-6-15)19(23)18-10-9-17(25-18)12-21(2)3/h5-10,14H,11-13H2,1-4H3/t14-/m0/s1. The summed E-state index contributed by atoms with van der Waals surface area (Å²) in [4.78, 5) is 16.6. The normalized spacial score (nSPS) is 12.4. The number of ether oxygens (including phenoxy) is 1.